The molecule has 0 saturated carbocycles. The largest absolute Gasteiger partial charge is 0.491 e. The first kappa shape index (κ1) is 15.4. The number of nitrogens with one attached hydrogen (secondary N) is 1. The number of nitrogens with zero attached hydrogens (tertiary/aromatic N) is 1. The topological polar surface area (TPSA) is 101 Å². The number of nitrogens with two attached hydrogens (primary N) is 1. The predicted octanol–water partition coefficient (Wildman–Crippen LogP) is 1.19. The second-order valence-corrected chi connectivity index (χ2v) is 5.55. The summed E-state index contributed by atoms with van der Waals surface area (Å²) in [6.07, 6.45) is -0.678. The quantitative estimate of drug-likeness (QED) is 0.421. The summed E-state index contributed by atoms with van der Waals surface area (Å²) in [5.41, 5.74) is 6.70. The van der Waals surface area contributed by atoms with E-state index >= 15 is 0 Å². The molecule has 1 heterocycles. The Morgan fingerprint density at radius 2 is 2.29 bits per heavy atom. The third kappa shape index (κ3) is 5.13. The van der Waals surface area contributed by atoms with Gasteiger partial charge in [-0.15, -0.1) is 0 Å². The zero-order chi connectivity index (χ0) is 15.2. The van der Waals surface area contributed by atoms with E-state index in [1.54, 1.807) is 31.2 Å². The van der Waals surface area contributed by atoms with Crippen molar-refractivity contribution in [2.24, 2.45) is 0 Å². The van der Waals surface area contributed by atoms with E-state index in [2.05, 4.69) is 9.97 Å². The van der Waals surface area contributed by atoms with E-state index in [9.17, 15) is 9.90 Å². The van der Waals surface area contributed by atoms with Gasteiger partial charge in [0.1, 0.15) is 12.4 Å². The number of aliphatic hydroxyl groups is 1. The maximum absolute atomic E-state index is 11.3. The molecular formula is C14H17N3O3S. The first-order chi connectivity index (χ1) is 10.0. The lowest BCUT2D eigenvalue weighted by Crippen LogP contribution is -2.20. The summed E-state index contributed by atoms with van der Waals surface area (Å²) >= 11 is 1.27. The van der Waals surface area contributed by atoms with E-state index in [-0.39, 0.29) is 12.2 Å². The molecule has 2 aromatic rings. The Kier molecular flexibility index (Phi) is 5.24. The molecule has 2 rings (SSSR count). The number of hydrogen-bond donors (Lipinski definition) is 3. The smallest absolute Gasteiger partial charge is 0.251 e. The molecule has 0 bridgehead atoms. The van der Waals surface area contributed by atoms with Gasteiger partial charge in [-0.3, -0.25) is 4.79 Å². The standard InChI is InChI=1S/C14H17N3O3S/c1-9-5-13(19)17-14(16-9)21-8-11(18)7-20-12-4-2-3-10(15)6-12/h2-6,11,18H,7-8,15H2,1H3,(H,16,17,19). The van der Waals surface area contributed by atoms with Gasteiger partial charge in [0.15, 0.2) is 5.16 Å². The van der Waals surface area contributed by atoms with Crippen LogP contribution in [0, 0.1) is 6.92 Å². The number of aromatic nitrogens is 2. The molecule has 1 unspecified atom stereocenters. The first-order valence-corrected chi connectivity index (χ1v) is 7.38. The Hall–Kier alpha value is -1.99. The highest BCUT2D eigenvalue weighted by Crippen LogP contribution is 2.16. The van der Waals surface area contributed by atoms with E-state index in [0.29, 0.717) is 28.0 Å². The summed E-state index contributed by atoms with van der Waals surface area (Å²) in [5.74, 6) is 0.982. The van der Waals surface area contributed by atoms with Crippen LogP contribution in [0.4, 0.5) is 5.69 Å². The lowest BCUT2D eigenvalue weighted by Gasteiger charge is -2.12. The molecule has 1 aromatic carbocycles. The molecule has 0 fully saturated rings. The van der Waals surface area contributed by atoms with Crippen molar-refractivity contribution in [2.75, 3.05) is 18.1 Å². The average molecular weight is 307 g/mol. The second-order valence-electron chi connectivity index (χ2n) is 4.54. The van der Waals surface area contributed by atoms with Crippen molar-refractivity contribution in [1.29, 1.82) is 0 Å². The van der Waals surface area contributed by atoms with Gasteiger partial charge in [0.25, 0.3) is 5.56 Å². The van der Waals surface area contributed by atoms with E-state index in [1.807, 2.05) is 0 Å². The number of nitrogen functional groups attached to an aromatic ring is 1. The van der Waals surface area contributed by atoms with Gasteiger partial charge in [0.05, 0.1) is 6.10 Å². The molecule has 1 atom stereocenters. The van der Waals surface area contributed by atoms with E-state index in [0.717, 1.165) is 0 Å². The maximum Gasteiger partial charge on any atom is 0.251 e. The minimum absolute atomic E-state index is 0.145. The van der Waals surface area contributed by atoms with Gasteiger partial charge in [0, 0.05) is 29.3 Å². The molecule has 7 heteroatoms. The number of aromatic amines is 1. The maximum atomic E-state index is 11.3. The van der Waals surface area contributed by atoms with Gasteiger partial charge in [-0.25, -0.2) is 4.98 Å². The number of anilines is 1. The van der Waals surface area contributed by atoms with Crippen molar-refractivity contribution >= 4 is 17.4 Å². The number of benzene rings is 1. The Bertz CT molecular complexity index is 660. The van der Waals surface area contributed by atoms with Crippen LogP contribution in [-0.2, 0) is 0 Å². The van der Waals surface area contributed by atoms with Crippen molar-refractivity contribution in [2.45, 2.75) is 18.2 Å². The fraction of sp³-hybridized carbons (Fsp3) is 0.286. The van der Waals surface area contributed by atoms with Crippen LogP contribution in [0.1, 0.15) is 5.69 Å². The highest BCUT2D eigenvalue weighted by Gasteiger charge is 2.08. The Labute approximate surface area is 126 Å². The van der Waals surface area contributed by atoms with E-state index in [4.69, 9.17) is 10.5 Å². The summed E-state index contributed by atoms with van der Waals surface area (Å²) in [7, 11) is 0. The number of H-pyrrole nitrogens is 1. The third-order valence-corrected chi connectivity index (χ3v) is 3.58. The van der Waals surface area contributed by atoms with Gasteiger partial charge in [0.2, 0.25) is 0 Å². The Morgan fingerprint density at radius 1 is 1.48 bits per heavy atom. The number of aliphatic hydroxyl groups excluding tert-OH is 1. The van der Waals surface area contributed by atoms with Gasteiger partial charge < -0.3 is 20.6 Å². The van der Waals surface area contributed by atoms with Gasteiger partial charge in [-0.05, 0) is 19.1 Å². The summed E-state index contributed by atoms with van der Waals surface area (Å²) in [6, 6.07) is 8.44. The van der Waals surface area contributed by atoms with Gasteiger partial charge in [-0.1, -0.05) is 17.8 Å². The van der Waals surface area contributed by atoms with Crippen molar-refractivity contribution < 1.29 is 9.84 Å². The normalized spacial score (nSPS) is 12.1. The predicted molar refractivity (Wildman–Crippen MR) is 82.7 cm³/mol. The number of thioether (sulfide) groups is 1. The molecule has 112 valence electrons. The van der Waals surface area contributed by atoms with Crippen LogP contribution in [-0.4, -0.2) is 33.5 Å². The molecular weight excluding hydrogens is 290 g/mol. The second kappa shape index (κ2) is 7.14. The number of ether oxygens (including phenoxy) is 1. The van der Waals surface area contributed by atoms with Crippen LogP contribution >= 0.6 is 11.8 Å². The Balaban J connectivity index is 1.82. The molecule has 0 amide bonds. The molecule has 0 aliphatic heterocycles. The van der Waals surface area contributed by atoms with Crippen LogP contribution < -0.4 is 16.0 Å². The highest BCUT2D eigenvalue weighted by molar-refractivity contribution is 7.99. The molecule has 0 aliphatic carbocycles. The number of hydrogen-bond acceptors (Lipinski definition) is 6. The summed E-state index contributed by atoms with van der Waals surface area (Å²) in [4.78, 5) is 18.1. The number of aryl methyl sites for hydroxylation is 1. The van der Waals surface area contributed by atoms with Crippen LogP contribution in [0.25, 0.3) is 0 Å². The third-order valence-electron chi connectivity index (χ3n) is 2.56. The minimum Gasteiger partial charge on any atom is -0.491 e. The Morgan fingerprint density at radius 3 is 3.00 bits per heavy atom. The molecule has 6 nitrogen and oxygen atoms in total. The fourth-order valence-corrected chi connectivity index (χ4v) is 2.47. The average Bonchev–Trinajstić information content (AvgIpc) is 2.42. The van der Waals surface area contributed by atoms with Crippen molar-refractivity contribution in [3.8, 4) is 5.75 Å². The SMILES string of the molecule is Cc1cc(=O)[nH]c(SCC(O)COc2cccc(N)c2)n1. The van der Waals surface area contributed by atoms with Gasteiger partial charge >= 0.3 is 0 Å². The summed E-state index contributed by atoms with van der Waals surface area (Å²) < 4.78 is 5.45. The van der Waals surface area contributed by atoms with E-state index < -0.39 is 6.10 Å². The zero-order valence-corrected chi connectivity index (χ0v) is 12.4. The van der Waals surface area contributed by atoms with Crippen LogP contribution in [0.3, 0.4) is 0 Å². The molecule has 0 radical (unpaired) electrons. The highest BCUT2D eigenvalue weighted by atomic mass is 32.2. The fourth-order valence-electron chi connectivity index (χ4n) is 1.64. The van der Waals surface area contributed by atoms with Crippen molar-refractivity contribution in [3.63, 3.8) is 0 Å². The lowest BCUT2D eigenvalue weighted by atomic mass is 10.3. The summed E-state index contributed by atoms with van der Waals surface area (Å²) in [5, 5.41) is 10.4. The molecule has 0 saturated heterocycles. The molecule has 0 spiro atoms. The molecule has 0 aliphatic rings. The number of rotatable bonds is 6. The lowest BCUT2D eigenvalue weighted by molar-refractivity contribution is 0.126. The molecule has 4 N–H and O–H groups in total. The van der Waals surface area contributed by atoms with Crippen molar-refractivity contribution in [1.82, 2.24) is 9.97 Å². The minimum atomic E-state index is -0.678. The van der Waals surface area contributed by atoms with Crippen LogP contribution in [0.5, 0.6) is 5.75 Å². The van der Waals surface area contributed by atoms with Crippen LogP contribution in [0.15, 0.2) is 40.3 Å². The zero-order valence-electron chi connectivity index (χ0n) is 11.6. The van der Waals surface area contributed by atoms with Gasteiger partial charge in [-0.2, -0.15) is 0 Å². The van der Waals surface area contributed by atoms with E-state index in [1.165, 1.54) is 17.8 Å². The molecule has 1 aromatic heterocycles. The monoisotopic (exact) mass is 307 g/mol. The summed E-state index contributed by atoms with van der Waals surface area (Å²) in [6.45, 7) is 1.89. The molecule has 21 heavy (non-hydrogen) atoms. The van der Waals surface area contributed by atoms with Crippen molar-refractivity contribution in [3.05, 3.63) is 46.4 Å². The first-order valence-electron chi connectivity index (χ1n) is 6.40. The van der Waals surface area contributed by atoms with Crippen LogP contribution in [0.2, 0.25) is 0 Å².